The quantitative estimate of drug-likeness (QED) is 0.622. The van der Waals surface area contributed by atoms with Gasteiger partial charge in [0, 0.05) is 12.3 Å². The largest absolute Gasteiger partial charge is 0.322 e. The van der Waals surface area contributed by atoms with Crippen molar-refractivity contribution in [2.24, 2.45) is 0 Å². The van der Waals surface area contributed by atoms with Gasteiger partial charge in [-0.1, -0.05) is 12.1 Å². The number of nitrogens with one attached hydrogen (secondary N) is 1. The van der Waals surface area contributed by atoms with Crippen molar-refractivity contribution in [1.82, 2.24) is 19.7 Å². The van der Waals surface area contributed by atoms with Gasteiger partial charge in [-0.2, -0.15) is 5.10 Å². The molecule has 0 aliphatic rings. The molecule has 2 heterocycles. The van der Waals surface area contributed by atoms with E-state index in [9.17, 15) is 0 Å². The van der Waals surface area contributed by atoms with Crippen LogP contribution >= 0.6 is 0 Å². The molecule has 0 unspecified atom stereocenters. The number of aromatic amines is 1. The molecular formula is C10H7N4. The molecule has 0 amide bonds. The van der Waals surface area contributed by atoms with Crippen molar-refractivity contribution >= 4 is 11.0 Å². The van der Waals surface area contributed by atoms with E-state index in [2.05, 4.69) is 21.1 Å². The Morgan fingerprint density at radius 1 is 1.29 bits per heavy atom. The third kappa shape index (κ3) is 1.01. The minimum atomic E-state index is 0.715. The van der Waals surface area contributed by atoms with Gasteiger partial charge in [-0.3, -0.25) is 0 Å². The first kappa shape index (κ1) is 7.32. The monoisotopic (exact) mass is 183 g/mol. The van der Waals surface area contributed by atoms with Crippen LogP contribution in [0.4, 0.5) is 0 Å². The topological polar surface area (TPSA) is 46.5 Å². The third-order valence-electron chi connectivity index (χ3n) is 2.05. The summed E-state index contributed by atoms with van der Waals surface area (Å²) in [6.07, 6.45) is 3.34. The van der Waals surface area contributed by atoms with Gasteiger partial charge in [0.25, 0.3) is 0 Å². The Hall–Kier alpha value is -2.10. The zero-order chi connectivity index (χ0) is 9.38. The predicted molar refractivity (Wildman–Crippen MR) is 52.1 cm³/mol. The van der Waals surface area contributed by atoms with Crippen molar-refractivity contribution in [3.63, 3.8) is 0 Å². The van der Waals surface area contributed by atoms with Gasteiger partial charge in [-0.15, -0.1) is 0 Å². The lowest BCUT2D eigenvalue weighted by atomic mass is 10.3. The van der Waals surface area contributed by atoms with Crippen LogP contribution in [0.1, 0.15) is 0 Å². The lowest BCUT2D eigenvalue weighted by Crippen LogP contribution is -1.95. The number of H-pyrrole nitrogens is 1. The van der Waals surface area contributed by atoms with Gasteiger partial charge in [0.1, 0.15) is 0 Å². The number of hydrogen-bond acceptors (Lipinski definition) is 2. The van der Waals surface area contributed by atoms with Gasteiger partial charge in [-0.25, -0.2) is 9.67 Å². The minimum Gasteiger partial charge on any atom is -0.322 e. The molecule has 1 aromatic carbocycles. The normalized spacial score (nSPS) is 10.9. The van der Waals surface area contributed by atoms with Crippen LogP contribution in [-0.4, -0.2) is 19.7 Å². The summed E-state index contributed by atoms with van der Waals surface area (Å²) in [4.78, 5) is 7.55. The number of benzene rings is 1. The molecule has 2 aromatic heterocycles. The number of para-hydroxylation sites is 2. The molecule has 4 nitrogen and oxygen atoms in total. The highest BCUT2D eigenvalue weighted by molar-refractivity contribution is 5.75. The van der Waals surface area contributed by atoms with E-state index in [4.69, 9.17) is 0 Å². The molecule has 0 saturated heterocycles. The van der Waals surface area contributed by atoms with Crippen molar-refractivity contribution < 1.29 is 0 Å². The van der Waals surface area contributed by atoms with E-state index in [0.717, 1.165) is 11.0 Å². The van der Waals surface area contributed by atoms with Gasteiger partial charge in [0.15, 0.2) is 0 Å². The van der Waals surface area contributed by atoms with Crippen molar-refractivity contribution in [3.05, 3.63) is 42.7 Å². The fourth-order valence-corrected chi connectivity index (χ4v) is 1.40. The lowest BCUT2D eigenvalue weighted by molar-refractivity contribution is 0.829. The Bertz CT molecular complexity index is 517. The minimum absolute atomic E-state index is 0.715. The van der Waals surface area contributed by atoms with E-state index < -0.39 is 0 Å². The van der Waals surface area contributed by atoms with Gasteiger partial charge in [0.2, 0.25) is 5.95 Å². The third-order valence-corrected chi connectivity index (χ3v) is 2.05. The van der Waals surface area contributed by atoms with Crippen LogP contribution in [0.15, 0.2) is 36.7 Å². The molecule has 0 atom stereocenters. The van der Waals surface area contributed by atoms with Crippen LogP contribution in [0.2, 0.25) is 0 Å². The van der Waals surface area contributed by atoms with Gasteiger partial charge < -0.3 is 4.98 Å². The molecule has 3 aromatic rings. The second-order valence-corrected chi connectivity index (χ2v) is 2.96. The summed E-state index contributed by atoms with van der Waals surface area (Å²) < 4.78 is 1.65. The standard InChI is InChI=1S/C10H7N4/c1-2-5-9-8(4-1)12-10(13-9)14-7-3-6-11-14/h1-2,4-7H,(H,12,13). The van der Waals surface area contributed by atoms with E-state index in [1.807, 2.05) is 24.3 Å². The molecule has 0 fully saturated rings. The molecule has 3 rings (SSSR count). The van der Waals surface area contributed by atoms with E-state index in [-0.39, 0.29) is 0 Å². The summed E-state index contributed by atoms with van der Waals surface area (Å²) >= 11 is 0. The highest BCUT2D eigenvalue weighted by atomic mass is 15.3. The number of hydrogen-bond donors (Lipinski definition) is 1. The zero-order valence-electron chi connectivity index (χ0n) is 7.31. The van der Waals surface area contributed by atoms with Crippen LogP contribution in [0, 0.1) is 6.07 Å². The van der Waals surface area contributed by atoms with Crippen molar-refractivity contribution in [2.45, 2.75) is 0 Å². The molecule has 14 heavy (non-hydrogen) atoms. The first-order chi connectivity index (χ1) is 6.93. The lowest BCUT2D eigenvalue weighted by Gasteiger charge is -1.91. The number of fused-ring (bicyclic) bond motifs is 1. The maximum absolute atomic E-state index is 4.38. The fraction of sp³-hybridized carbons (Fsp3) is 0. The molecule has 0 aliphatic carbocycles. The second-order valence-electron chi connectivity index (χ2n) is 2.96. The average Bonchev–Trinajstić information content (AvgIpc) is 2.86. The van der Waals surface area contributed by atoms with Gasteiger partial charge in [0.05, 0.1) is 17.2 Å². The molecule has 0 bridgehead atoms. The number of aromatic nitrogens is 4. The van der Waals surface area contributed by atoms with E-state index in [1.54, 1.807) is 17.1 Å². The number of imidazole rings is 1. The average molecular weight is 183 g/mol. The molecule has 1 radical (unpaired) electrons. The molecule has 1 N–H and O–H groups in total. The molecular weight excluding hydrogens is 176 g/mol. The maximum Gasteiger partial charge on any atom is 0.229 e. The number of rotatable bonds is 1. The summed E-state index contributed by atoms with van der Waals surface area (Å²) in [5.41, 5.74) is 1.95. The van der Waals surface area contributed by atoms with Crippen LogP contribution in [-0.2, 0) is 0 Å². The van der Waals surface area contributed by atoms with Crippen LogP contribution in [0.3, 0.4) is 0 Å². The Kier molecular flexibility index (Phi) is 1.41. The van der Waals surface area contributed by atoms with Gasteiger partial charge >= 0.3 is 0 Å². The Morgan fingerprint density at radius 2 is 2.21 bits per heavy atom. The van der Waals surface area contributed by atoms with Gasteiger partial charge in [-0.05, 0) is 12.1 Å². The Balaban J connectivity index is 2.24. The second kappa shape index (κ2) is 2.70. The highest BCUT2D eigenvalue weighted by Gasteiger charge is 2.02. The SMILES string of the molecule is [c]1cnn(-c2nc3ccccc3[nH]2)c1. The summed E-state index contributed by atoms with van der Waals surface area (Å²) in [5.74, 6) is 0.715. The molecule has 0 spiro atoms. The summed E-state index contributed by atoms with van der Waals surface area (Å²) in [6.45, 7) is 0. The Morgan fingerprint density at radius 3 is 3.00 bits per heavy atom. The van der Waals surface area contributed by atoms with E-state index in [0.29, 0.717) is 5.95 Å². The van der Waals surface area contributed by atoms with E-state index >= 15 is 0 Å². The fourth-order valence-electron chi connectivity index (χ4n) is 1.40. The van der Waals surface area contributed by atoms with Crippen molar-refractivity contribution in [2.75, 3.05) is 0 Å². The molecule has 67 valence electrons. The van der Waals surface area contributed by atoms with E-state index in [1.165, 1.54) is 0 Å². The zero-order valence-corrected chi connectivity index (χ0v) is 7.31. The maximum atomic E-state index is 4.38. The first-order valence-corrected chi connectivity index (χ1v) is 4.29. The Labute approximate surface area is 80.2 Å². The van der Waals surface area contributed by atoms with Crippen molar-refractivity contribution in [3.8, 4) is 5.95 Å². The van der Waals surface area contributed by atoms with Crippen molar-refractivity contribution in [1.29, 1.82) is 0 Å². The van der Waals surface area contributed by atoms with Crippen LogP contribution in [0.5, 0.6) is 0 Å². The predicted octanol–water partition coefficient (Wildman–Crippen LogP) is 1.55. The van der Waals surface area contributed by atoms with Crippen LogP contribution in [0.25, 0.3) is 17.0 Å². The molecule has 4 heteroatoms. The molecule has 0 saturated carbocycles. The smallest absolute Gasteiger partial charge is 0.229 e. The molecule has 0 aliphatic heterocycles. The summed E-state index contributed by atoms with van der Waals surface area (Å²) in [5, 5.41) is 4.05. The summed E-state index contributed by atoms with van der Waals surface area (Å²) in [6, 6.07) is 10.7. The number of nitrogens with zero attached hydrogens (tertiary/aromatic N) is 3. The summed E-state index contributed by atoms with van der Waals surface area (Å²) in [7, 11) is 0. The van der Waals surface area contributed by atoms with Crippen LogP contribution < -0.4 is 0 Å². The highest BCUT2D eigenvalue weighted by Crippen LogP contribution is 2.11. The first-order valence-electron chi connectivity index (χ1n) is 4.29.